The average molecular weight is 377 g/mol. The topological polar surface area (TPSA) is 41.6 Å². The van der Waals surface area contributed by atoms with Crippen LogP contribution in [-0.4, -0.2) is 37.0 Å². The summed E-state index contributed by atoms with van der Waals surface area (Å²) in [6.45, 7) is 3.46. The van der Waals surface area contributed by atoms with Crippen molar-refractivity contribution in [3.8, 4) is 11.5 Å². The lowest BCUT2D eigenvalue weighted by atomic mass is 10.0. The van der Waals surface area contributed by atoms with Gasteiger partial charge in [0, 0.05) is 26.2 Å². The Labute approximate surface area is 156 Å². The SMILES string of the molecule is O=C(c1c(Cl)cccc1Oc1ccccc1Cl)N1C[C@H]2CNC[C@H]2C1. The first-order valence-electron chi connectivity index (χ1n) is 8.34. The molecule has 2 aromatic rings. The molecule has 2 heterocycles. The van der Waals surface area contributed by atoms with Crippen LogP contribution in [0.4, 0.5) is 0 Å². The highest BCUT2D eigenvalue weighted by Crippen LogP contribution is 2.36. The van der Waals surface area contributed by atoms with E-state index in [9.17, 15) is 4.79 Å². The lowest BCUT2D eigenvalue weighted by Gasteiger charge is -2.20. The van der Waals surface area contributed by atoms with E-state index >= 15 is 0 Å². The number of hydrogen-bond donors (Lipinski definition) is 1. The molecule has 130 valence electrons. The summed E-state index contributed by atoms with van der Waals surface area (Å²) in [7, 11) is 0. The number of likely N-dealkylation sites (tertiary alicyclic amines) is 1. The fourth-order valence-electron chi connectivity index (χ4n) is 3.62. The minimum absolute atomic E-state index is 0.0814. The molecule has 25 heavy (non-hydrogen) atoms. The molecule has 1 N–H and O–H groups in total. The summed E-state index contributed by atoms with van der Waals surface area (Å²) in [6, 6.07) is 12.4. The van der Waals surface area contributed by atoms with Crippen LogP contribution in [0.15, 0.2) is 42.5 Å². The number of nitrogens with one attached hydrogen (secondary N) is 1. The van der Waals surface area contributed by atoms with Crippen molar-refractivity contribution >= 4 is 29.1 Å². The highest BCUT2D eigenvalue weighted by molar-refractivity contribution is 6.34. The van der Waals surface area contributed by atoms with E-state index < -0.39 is 0 Å². The van der Waals surface area contributed by atoms with E-state index in [2.05, 4.69) is 5.32 Å². The third-order valence-electron chi connectivity index (χ3n) is 4.92. The summed E-state index contributed by atoms with van der Waals surface area (Å²) in [5, 5.41) is 4.26. The second kappa shape index (κ2) is 6.87. The van der Waals surface area contributed by atoms with Crippen molar-refractivity contribution in [1.29, 1.82) is 0 Å². The highest BCUT2D eigenvalue weighted by Gasteiger charge is 2.39. The molecule has 1 amide bonds. The van der Waals surface area contributed by atoms with Crippen molar-refractivity contribution in [2.24, 2.45) is 11.8 Å². The number of carbonyl (C=O) groups is 1. The third kappa shape index (κ3) is 3.22. The Morgan fingerprint density at radius 3 is 2.32 bits per heavy atom. The van der Waals surface area contributed by atoms with Crippen molar-refractivity contribution in [1.82, 2.24) is 10.2 Å². The molecular formula is C19H18Cl2N2O2. The van der Waals surface area contributed by atoms with Gasteiger partial charge < -0.3 is 15.0 Å². The molecule has 6 heteroatoms. The summed E-state index contributed by atoms with van der Waals surface area (Å²) >= 11 is 12.5. The van der Waals surface area contributed by atoms with Gasteiger partial charge in [0.05, 0.1) is 10.0 Å². The maximum absolute atomic E-state index is 13.1. The van der Waals surface area contributed by atoms with Crippen LogP contribution in [0.25, 0.3) is 0 Å². The van der Waals surface area contributed by atoms with Crippen molar-refractivity contribution in [3.63, 3.8) is 0 Å². The lowest BCUT2D eigenvalue weighted by molar-refractivity contribution is 0.0779. The number of amides is 1. The molecule has 2 aliphatic rings. The number of halogens is 2. The molecule has 0 radical (unpaired) electrons. The van der Waals surface area contributed by atoms with Crippen molar-refractivity contribution in [2.45, 2.75) is 0 Å². The Bertz CT molecular complexity index is 800. The van der Waals surface area contributed by atoms with Crippen molar-refractivity contribution < 1.29 is 9.53 Å². The molecule has 2 atom stereocenters. The summed E-state index contributed by atoms with van der Waals surface area (Å²) in [6.07, 6.45) is 0. The summed E-state index contributed by atoms with van der Waals surface area (Å²) in [4.78, 5) is 15.0. The van der Waals surface area contributed by atoms with Crippen LogP contribution in [0.1, 0.15) is 10.4 Å². The number of rotatable bonds is 3. The monoisotopic (exact) mass is 376 g/mol. The van der Waals surface area contributed by atoms with E-state index in [1.165, 1.54) is 0 Å². The van der Waals surface area contributed by atoms with Crippen LogP contribution < -0.4 is 10.1 Å². The molecule has 0 aliphatic carbocycles. The Morgan fingerprint density at radius 2 is 1.60 bits per heavy atom. The van der Waals surface area contributed by atoms with E-state index in [0.29, 0.717) is 38.9 Å². The Balaban J connectivity index is 1.63. The van der Waals surface area contributed by atoms with Gasteiger partial charge in [-0.25, -0.2) is 0 Å². The van der Waals surface area contributed by atoms with Gasteiger partial charge in [0.15, 0.2) is 0 Å². The number of ether oxygens (including phenoxy) is 1. The smallest absolute Gasteiger partial charge is 0.259 e. The number of fused-ring (bicyclic) bond motifs is 1. The number of nitrogens with zero attached hydrogens (tertiary/aromatic N) is 1. The fraction of sp³-hybridized carbons (Fsp3) is 0.316. The normalized spacial score (nSPS) is 22.1. The van der Waals surface area contributed by atoms with Gasteiger partial charge in [-0.05, 0) is 36.1 Å². The van der Waals surface area contributed by atoms with Crippen LogP contribution in [0, 0.1) is 11.8 Å². The predicted octanol–water partition coefficient (Wildman–Crippen LogP) is 4.08. The van der Waals surface area contributed by atoms with E-state index in [-0.39, 0.29) is 5.91 Å². The van der Waals surface area contributed by atoms with Gasteiger partial charge in [-0.1, -0.05) is 41.4 Å². The second-order valence-electron chi connectivity index (χ2n) is 6.53. The summed E-state index contributed by atoms with van der Waals surface area (Å²) < 4.78 is 5.92. The first kappa shape index (κ1) is 16.7. The van der Waals surface area contributed by atoms with Crippen molar-refractivity contribution in [3.05, 3.63) is 58.1 Å². The zero-order chi connectivity index (χ0) is 17.4. The Kier molecular flexibility index (Phi) is 4.59. The molecule has 2 saturated heterocycles. The lowest BCUT2D eigenvalue weighted by Crippen LogP contribution is -2.32. The van der Waals surface area contributed by atoms with Crippen LogP contribution in [0.3, 0.4) is 0 Å². The molecule has 0 aromatic heterocycles. The van der Waals surface area contributed by atoms with Gasteiger partial charge in [-0.2, -0.15) is 0 Å². The molecule has 0 unspecified atom stereocenters. The largest absolute Gasteiger partial charge is 0.455 e. The molecule has 0 bridgehead atoms. The Hall–Kier alpha value is -1.75. The molecule has 4 nitrogen and oxygen atoms in total. The zero-order valence-corrected chi connectivity index (χ0v) is 15.1. The van der Waals surface area contributed by atoms with Gasteiger partial charge in [0.25, 0.3) is 5.91 Å². The molecule has 2 aliphatic heterocycles. The van der Waals surface area contributed by atoms with Crippen LogP contribution in [0.5, 0.6) is 11.5 Å². The van der Waals surface area contributed by atoms with Gasteiger partial charge in [0.1, 0.15) is 17.1 Å². The van der Waals surface area contributed by atoms with Crippen LogP contribution in [-0.2, 0) is 0 Å². The van der Waals surface area contributed by atoms with Gasteiger partial charge >= 0.3 is 0 Å². The number of hydrogen-bond acceptors (Lipinski definition) is 3. The maximum atomic E-state index is 13.1. The molecular weight excluding hydrogens is 359 g/mol. The number of para-hydroxylation sites is 1. The number of carbonyl (C=O) groups excluding carboxylic acids is 1. The first-order valence-corrected chi connectivity index (χ1v) is 9.10. The highest BCUT2D eigenvalue weighted by atomic mass is 35.5. The Morgan fingerprint density at radius 1 is 0.960 bits per heavy atom. The molecule has 2 aromatic carbocycles. The van der Waals surface area contributed by atoms with Gasteiger partial charge in [-0.15, -0.1) is 0 Å². The standard InChI is InChI=1S/C19H18Cl2N2O2/c20-14-4-1-2-6-16(14)25-17-7-3-5-15(21)18(17)19(24)23-10-12-8-22-9-13(12)11-23/h1-7,12-13,22H,8-11H2/t12-,13+. The maximum Gasteiger partial charge on any atom is 0.259 e. The third-order valence-corrected chi connectivity index (χ3v) is 5.55. The first-order chi connectivity index (χ1) is 12.1. The molecule has 4 rings (SSSR count). The van der Waals surface area contributed by atoms with E-state index in [4.69, 9.17) is 27.9 Å². The summed E-state index contributed by atoms with van der Waals surface area (Å²) in [5.74, 6) is 1.91. The fourth-order valence-corrected chi connectivity index (χ4v) is 4.04. The van der Waals surface area contributed by atoms with Gasteiger partial charge in [-0.3, -0.25) is 4.79 Å². The van der Waals surface area contributed by atoms with E-state index in [1.807, 2.05) is 17.0 Å². The van der Waals surface area contributed by atoms with Crippen molar-refractivity contribution in [2.75, 3.05) is 26.2 Å². The molecule has 0 saturated carbocycles. The van der Waals surface area contributed by atoms with Gasteiger partial charge in [0.2, 0.25) is 0 Å². The summed E-state index contributed by atoms with van der Waals surface area (Å²) in [5.41, 5.74) is 0.400. The molecule has 2 fully saturated rings. The average Bonchev–Trinajstić information content (AvgIpc) is 3.18. The number of benzene rings is 2. The minimum Gasteiger partial charge on any atom is -0.455 e. The van der Waals surface area contributed by atoms with E-state index in [0.717, 1.165) is 26.2 Å². The van der Waals surface area contributed by atoms with Crippen LogP contribution >= 0.6 is 23.2 Å². The zero-order valence-electron chi connectivity index (χ0n) is 13.5. The van der Waals surface area contributed by atoms with Crippen LogP contribution in [0.2, 0.25) is 10.0 Å². The quantitative estimate of drug-likeness (QED) is 0.877. The van der Waals surface area contributed by atoms with E-state index in [1.54, 1.807) is 30.3 Å². The minimum atomic E-state index is -0.0814. The molecule has 0 spiro atoms. The predicted molar refractivity (Wildman–Crippen MR) is 98.7 cm³/mol. The second-order valence-corrected chi connectivity index (χ2v) is 7.35.